The van der Waals surface area contributed by atoms with Crippen LogP contribution in [0.2, 0.25) is 0 Å². The molecule has 0 heterocycles. The molecule has 7 heavy (non-hydrogen) atoms. The normalized spacial score (nSPS) is 6.57. The van der Waals surface area contributed by atoms with E-state index in [1.807, 2.05) is 0 Å². The SMILES string of the molecule is CCOC#CCF. The molecule has 0 radical (unpaired) electrons. The van der Waals surface area contributed by atoms with Crippen molar-refractivity contribution in [1.29, 1.82) is 0 Å². The molecule has 0 spiro atoms. The van der Waals surface area contributed by atoms with Crippen molar-refractivity contribution in [3.05, 3.63) is 0 Å². The van der Waals surface area contributed by atoms with E-state index >= 15 is 0 Å². The summed E-state index contributed by atoms with van der Waals surface area (Å²) in [5.41, 5.74) is 0. The molecule has 1 nitrogen and oxygen atoms in total. The van der Waals surface area contributed by atoms with E-state index in [9.17, 15) is 4.39 Å². The van der Waals surface area contributed by atoms with Gasteiger partial charge in [0, 0.05) is 0 Å². The first-order valence-electron chi connectivity index (χ1n) is 2.07. The summed E-state index contributed by atoms with van der Waals surface area (Å²) in [5.74, 6) is 2.11. The van der Waals surface area contributed by atoms with Gasteiger partial charge in [-0.3, -0.25) is 0 Å². The zero-order valence-corrected chi connectivity index (χ0v) is 4.20. The fourth-order valence-electron chi connectivity index (χ4n) is 0.150. The van der Waals surface area contributed by atoms with Gasteiger partial charge in [0.05, 0.1) is 6.61 Å². The first-order chi connectivity index (χ1) is 3.41. The van der Waals surface area contributed by atoms with E-state index in [0.29, 0.717) is 6.61 Å². The first-order valence-corrected chi connectivity index (χ1v) is 2.07. The van der Waals surface area contributed by atoms with Gasteiger partial charge < -0.3 is 4.74 Å². The van der Waals surface area contributed by atoms with Crippen molar-refractivity contribution in [2.24, 2.45) is 0 Å². The van der Waals surface area contributed by atoms with Crippen LogP contribution < -0.4 is 0 Å². The Hall–Kier alpha value is -0.710. The molecular formula is C5H7FO. The van der Waals surface area contributed by atoms with Crippen molar-refractivity contribution in [2.45, 2.75) is 6.92 Å². The fraction of sp³-hybridized carbons (Fsp3) is 0.600. The highest BCUT2D eigenvalue weighted by Crippen LogP contribution is 1.65. The zero-order chi connectivity index (χ0) is 5.54. The average molecular weight is 102 g/mol. The zero-order valence-electron chi connectivity index (χ0n) is 4.20. The molecule has 0 rings (SSSR count). The minimum Gasteiger partial charge on any atom is -0.447 e. The van der Waals surface area contributed by atoms with E-state index in [1.165, 1.54) is 0 Å². The lowest BCUT2D eigenvalue weighted by atomic mass is 10.8. The molecule has 0 aliphatic heterocycles. The Morgan fingerprint density at radius 3 is 2.86 bits per heavy atom. The predicted octanol–water partition coefficient (Wildman–Crippen LogP) is 0.953. The number of halogens is 1. The molecule has 0 N–H and O–H groups in total. The summed E-state index contributed by atoms with van der Waals surface area (Å²) in [4.78, 5) is 0. The van der Waals surface area contributed by atoms with Crippen molar-refractivity contribution in [1.82, 2.24) is 0 Å². The van der Waals surface area contributed by atoms with Crippen LogP contribution in [0.1, 0.15) is 6.92 Å². The van der Waals surface area contributed by atoms with Crippen molar-refractivity contribution >= 4 is 0 Å². The van der Waals surface area contributed by atoms with Crippen LogP contribution in [0.15, 0.2) is 0 Å². The molecular weight excluding hydrogens is 95.1 g/mol. The minimum absolute atomic E-state index is 0.521. The Kier molecular flexibility index (Phi) is 4.75. The summed E-state index contributed by atoms with van der Waals surface area (Å²) in [6, 6.07) is 0. The molecule has 0 unspecified atom stereocenters. The molecule has 40 valence electrons. The van der Waals surface area contributed by atoms with E-state index in [-0.39, 0.29) is 0 Å². The third-order valence-electron chi connectivity index (χ3n) is 0.355. The minimum atomic E-state index is -0.625. The van der Waals surface area contributed by atoms with E-state index < -0.39 is 6.67 Å². The Morgan fingerprint density at radius 1 is 1.71 bits per heavy atom. The van der Waals surface area contributed by atoms with Crippen molar-refractivity contribution in [3.8, 4) is 12.0 Å². The van der Waals surface area contributed by atoms with Crippen LogP contribution >= 0.6 is 0 Å². The number of alkyl halides is 1. The smallest absolute Gasteiger partial charge is 0.153 e. The third-order valence-corrected chi connectivity index (χ3v) is 0.355. The van der Waals surface area contributed by atoms with Gasteiger partial charge in [-0.1, -0.05) is 0 Å². The quantitative estimate of drug-likeness (QED) is 0.448. The molecule has 2 heteroatoms. The number of ether oxygens (including phenoxy) is 1. The third kappa shape index (κ3) is 5.29. The van der Waals surface area contributed by atoms with E-state index in [2.05, 4.69) is 16.8 Å². The van der Waals surface area contributed by atoms with Crippen molar-refractivity contribution in [2.75, 3.05) is 13.3 Å². The van der Waals surface area contributed by atoms with Gasteiger partial charge in [0.2, 0.25) is 0 Å². The van der Waals surface area contributed by atoms with Gasteiger partial charge in [-0.05, 0) is 12.8 Å². The summed E-state index contributed by atoms with van der Waals surface area (Å²) in [6.07, 6.45) is 2.16. The second-order valence-electron chi connectivity index (χ2n) is 0.845. The Balaban J connectivity index is 2.91. The number of hydrogen-bond donors (Lipinski definition) is 0. The van der Waals surface area contributed by atoms with E-state index in [4.69, 9.17) is 0 Å². The Morgan fingerprint density at radius 2 is 2.43 bits per heavy atom. The van der Waals surface area contributed by atoms with Crippen LogP contribution in [0.3, 0.4) is 0 Å². The van der Waals surface area contributed by atoms with Crippen LogP contribution in [-0.4, -0.2) is 13.3 Å². The van der Waals surface area contributed by atoms with E-state index in [0.717, 1.165) is 0 Å². The summed E-state index contributed by atoms with van der Waals surface area (Å²) < 4.78 is 15.5. The van der Waals surface area contributed by atoms with Crippen LogP contribution in [0, 0.1) is 12.0 Å². The van der Waals surface area contributed by atoms with Gasteiger partial charge in [-0.15, -0.1) is 0 Å². The van der Waals surface area contributed by atoms with Gasteiger partial charge >= 0.3 is 0 Å². The molecule has 0 bridgehead atoms. The maximum Gasteiger partial charge on any atom is 0.153 e. The largest absolute Gasteiger partial charge is 0.447 e. The molecule has 0 aromatic carbocycles. The predicted molar refractivity (Wildman–Crippen MR) is 25.4 cm³/mol. The lowest BCUT2D eigenvalue weighted by Crippen LogP contribution is -1.76. The molecule has 0 fully saturated rings. The summed E-state index contributed by atoms with van der Waals surface area (Å²) in [5, 5.41) is 0. The lowest BCUT2D eigenvalue weighted by Gasteiger charge is -1.81. The van der Waals surface area contributed by atoms with Crippen LogP contribution in [0.25, 0.3) is 0 Å². The van der Waals surface area contributed by atoms with Gasteiger partial charge in [-0.2, -0.15) is 0 Å². The summed E-state index contributed by atoms with van der Waals surface area (Å²) in [6.45, 7) is 1.69. The maximum absolute atomic E-state index is 11.1. The van der Waals surface area contributed by atoms with Crippen molar-refractivity contribution in [3.63, 3.8) is 0 Å². The summed E-state index contributed by atoms with van der Waals surface area (Å²) in [7, 11) is 0. The van der Waals surface area contributed by atoms with Crippen molar-refractivity contribution < 1.29 is 9.13 Å². The summed E-state index contributed by atoms with van der Waals surface area (Å²) >= 11 is 0. The highest BCUT2D eigenvalue weighted by molar-refractivity contribution is 4.90. The molecule has 0 aromatic rings. The average Bonchev–Trinajstić information content (AvgIpc) is 1.69. The number of rotatable bonds is 1. The molecule has 0 atom stereocenters. The van der Waals surface area contributed by atoms with Gasteiger partial charge in [0.25, 0.3) is 0 Å². The highest BCUT2D eigenvalue weighted by Gasteiger charge is 1.64. The Labute approximate surface area is 42.5 Å². The molecule has 0 saturated heterocycles. The second-order valence-corrected chi connectivity index (χ2v) is 0.845. The first kappa shape index (κ1) is 6.29. The van der Waals surface area contributed by atoms with Gasteiger partial charge in [-0.25, -0.2) is 4.39 Å². The standard InChI is InChI=1S/C5H7FO/c1-2-7-5-3-4-6/h2,4H2,1H3. The fourth-order valence-corrected chi connectivity index (χ4v) is 0.150. The van der Waals surface area contributed by atoms with E-state index in [1.54, 1.807) is 6.92 Å². The lowest BCUT2D eigenvalue weighted by molar-refractivity contribution is 0.298. The van der Waals surface area contributed by atoms with Crippen LogP contribution in [0.5, 0.6) is 0 Å². The van der Waals surface area contributed by atoms with Gasteiger partial charge in [0.1, 0.15) is 6.11 Å². The molecule has 0 amide bonds. The molecule has 0 saturated carbocycles. The molecule has 0 aromatic heterocycles. The monoisotopic (exact) mass is 102 g/mol. The van der Waals surface area contributed by atoms with Crippen LogP contribution in [0.4, 0.5) is 4.39 Å². The molecule has 0 aliphatic carbocycles. The second kappa shape index (κ2) is 5.29. The maximum atomic E-state index is 11.1. The number of hydrogen-bond acceptors (Lipinski definition) is 1. The van der Waals surface area contributed by atoms with Crippen LogP contribution in [-0.2, 0) is 4.74 Å². The molecule has 0 aliphatic rings. The highest BCUT2D eigenvalue weighted by atomic mass is 19.1. The Bertz CT molecular complexity index is 79.8. The topological polar surface area (TPSA) is 9.23 Å². The van der Waals surface area contributed by atoms with Gasteiger partial charge in [0.15, 0.2) is 6.67 Å².